The molecule has 1 saturated carbocycles. The zero-order chi connectivity index (χ0) is 13.4. The van der Waals surface area contributed by atoms with E-state index in [2.05, 4.69) is 31.9 Å². The molecular weight excluding hydrogens is 224 g/mol. The number of hydrogen-bond donors (Lipinski definition) is 1. The lowest BCUT2D eigenvalue weighted by atomic mass is 9.69. The van der Waals surface area contributed by atoms with Gasteiger partial charge in [-0.15, -0.1) is 0 Å². The molecule has 18 heavy (non-hydrogen) atoms. The molecule has 0 radical (unpaired) electrons. The highest BCUT2D eigenvalue weighted by molar-refractivity contribution is 5.13. The zero-order valence-electron chi connectivity index (χ0n) is 12.2. The third-order valence-electron chi connectivity index (χ3n) is 4.43. The summed E-state index contributed by atoms with van der Waals surface area (Å²) in [7, 11) is 1.98. The molecule has 1 N–H and O–H groups in total. The van der Waals surface area contributed by atoms with Crippen LogP contribution in [0.3, 0.4) is 0 Å². The smallest absolute Gasteiger partial charge is 0.0703 e. The van der Waals surface area contributed by atoms with Crippen LogP contribution in [-0.2, 0) is 19.9 Å². The molecule has 0 aromatic carbocycles. The molecular formula is C15H26N2O. The van der Waals surface area contributed by atoms with Gasteiger partial charge in [-0.1, -0.05) is 20.8 Å². The summed E-state index contributed by atoms with van der Waals surface area (Å²) >= 11 is 0. The monoisotopic (exact) mass is 250 g/mol. The van der Waals surface area contributed by atoms with Crippen LogP contribution >= 0.6 is 0 Å². The van der Waals surface area contributed by atoms with Crippen molar-refractivity contribution < 1.29 is 5.11 Å². The van der Waals surface area contributed by atoms with Crippen LogP contribution in [0.15, 0.2) is 6.07 Å². The predicted octanol–water partition coefficient (Wildman–Crippen LogP) is 2.86. The van der Waals surface area contributed by atoms with Crippen molar-refractivity contribution >= 4 is 0 Å². The van der Waals surface area contributed by atoms with Crippen LogP contribution in [0.1, 0.15) is 57.8 Å². The molecule has 0 spiro atoms. The van der Waals surface area contributed by atoms with Gasteiger partial charge in [0.25, 0.3) is 0 Å². The van der Waals surface area contributed by atoms with E-state index in [1.54, 1.807) is 0 Å². The summed E-state index contributed by atoms with van der Waals surface area (Å²) in [5.74, 6) is 0. The highest BCUT2D eigenvalue weighted by Gasteiger charge is 2.37. The molecule has 1 aliphatic carbocycles. The van der Waals surface area contributed by atoms with Gasteiger partial charge in [0, 0.05) is 19.2 Å². The van der Waals surface area contributed by atoms with E-state index in [1.165, 1.54) is 0 Å². The first kappa shape index (κ1) is 13.6. The largest absolute Gasteiger partial charge is 0.389 e. The van der Waals surface area contributed by atoms with Gasteiger partial charge < -0.3 is 5.11 Å². The first-order valence-electron chi connectivity index (χ1n) is 7.08. The number of aliphatic hydroxyl groups is 1. The van der Waals surface area contributed by atoms with Crippen molar-refractivity contribution in [2.75, 3.05) is 0 Å². The Kier molecular flexibility index (Phi) is 3.54. The molecule has 1 heterocycles. The number of aryl methyl sites for hydroxylation is 2. The van der Waals surface area contributed by atoms with Crippen molar-refractivity contribution in [1.82, 2.24) is 9.78 Å². The minimum absolute atomic E-state index is 0.396. The Morgan fingerprint density at radius 3 is 2.39 bits per heavy atom. The summed E-state index contributed by atoms with van der Waals surface area (Å²) in [5, 5.41) is 15.2. The number of aromatic nitrogens is 2. The second-order valence-electron chi connectivity index (χ2n) is 6.67. The molecule has 1 aliphatic rings. The van der Waals surface area contributed by atoms with Crippen LogP contribution in [0.2, 0.25) is 0 Å². The second-order valence-corrected chi connectivity index (χ2v) is 6.67. The summed E-state index contributed by atoms with van der Waals surface area (Å²) in [6.45, 7) is 6.71. The molecule has 102 valence electrons. The quantitative estimate of drug-likeness (QED) is 0.895. The molecule has 2 rings (SSSR count). The number of nitrogens with zero attached hydrogens (tertiary/aromatic N) is 2. The molecule has 1 aromatic rings. The minimum Gasteiger partial charge on any atom is -0.389 e. The molecule has 1 fully saturated rings. The summed E-state index contributed by atoms with van der Waals surface area (Å²) in [6.07, 6.45) is 5.75. The maximum atomic E-state index is 10.7. The van der Waals surface area contributed by atoms with Crippen molar-refractivity contribution in [1.29, 1.82) is 0 Å². The number of hydrogen-bond acceptors (Lipinski definition) is 2. The molecule has 0 aliphatic heterocycles. The van der Waals surface area contributed by atoms with E-state index in [0.29, 0.717) is 5.41 Å². The topological polar surface area (TPSA) is 38.0 Å². The number of rotatable bonds is 3. The van der Waals surface area contributed by atoms with Crippen LogP contribution in [-0.4, -0.2) is 20.5 Å². The third kappa shape index (κ3) is 2.94. The SMILES string of the molecule is CCc1cc(CC2(O)CCC(C)(C)CC2)n(C)n1. The summed E-state index contributed by atoms with van der Waals surface area (Å²) in [5.41, 5.74) is 2.16. The van der Waals surface area contributed by atoms with E-state index in [4.69, 9.17) is 0 Å². The molecule has 0 saturated heterocycles. The van der Waals surface area contributed by atoms with Crippen molar-refractivity contribution in [3.63, 3.8) is 0 Å². The van der Waals surface area contributed by atoms with Crippen molar-refractivity contribution in [3.05, 3.63) is 17.5 Å². The van der Waals surface area contributed by atoms with Crippen LogP contribution in [0.25, 0.3) is 0 Å². The fourth-order valence-corrected chi connectivity index (χ4v) is 2.82. The Labute approximate surface area is 110 Å². The lowest BCUT2D eigenvalue weighted by Crippen LogP contribution is -2.39. The van der Waals surface area contributed by atoms with E-state index in [0.717, 1.165) is 49.9 Å². The third-order valence-corrected chi connectivity index (χ3v) is 4.43. The average Bonchev–Trinajstić information content (AvgIpc) is 2.65. The van der Waals surface area contributed by atoms with Gasteiger partial charge in [0.05, 0.1) is 11.3 Å². The average molecular weight is 250 g/mol. The Balaban J connectivity index is 2.06. The molecule has 1 aromatic heterocycles. The van der Waals surface area contributed by atoms with Gasteiger partial charge in [-0.3, -0.25) is 4.68 Å². The lowest BCUT2D eigenvalue weighted by molar-refractivity contribution is -0.0263. The van der Waals surface area contributed by atoms with E-state index in [-0.39, 0.29) is 0 Å². The fraction of sp³-hybridized carbons (Fsp3) is 0.800. The fourth-order valence-electron chi connectivity index (χ4n) is 2.82. The predicted molar refractivity (Wildman–Crippen MR) is 73.5 cm³/mol. The van der Waals surface area contributed by atoms with Gasteiger partial charge in [-0.05, 0) is 43.6 Å². The van der Waals surface area contributed by atoms with Crippen molar-refractivity contribution in [3.8, 4) is 0 Å². The molecule has 3 nitrogen and oxygen atoms in total. The van der Waals surface area contributed by atoms with Gasteiger partial charge in [0.2, 0.25) is 0 Å². The van der Waals surface area contributed by atoms with E-state index in [9.17, 15) is 5.11 Å². The van der Waals surface area contributed by atoms with E-state index >= 15 is 0 Å². The minimum atomic E-state index is -0.520. The van der Waals surface area contributed by atoms with E-state index in [1.807, 2.05) is 11.7 Å². The highest BCUT2D eigenvalue weighted by Crippen LogP contribution is 2.41. The lowest BCUT2D eigenvalue weighted by Gasteiger charge is -2.40. The van der Waals surface area contributed by atoms with Gasteiger partial charge in [-0.25, -0.2) is 0 Å². The van der Waals surface area contributed by atoms with Crippen LogP contribution in [0, 0.1) is 5.41 Å². The maximum absolute atomic E-state index is 10.7. The Hall–Kier alpha value is -0.830. The molecule has 3 heteroatoms. The Morgan fingerprint density at radius 2 is 1.89 bits per heavy atom. The maximum Gasteiger partial charge on any atom is 0.0703 e. The van der Waals surface area contributed by atoms with E-state index < -0.39 is 5.60 Å². The second kappa shape index (κ2) is 4.69. The van der Waals surface area contributed by atoms with Crippen molar-refractivity contribution in [2.24, 2.45) is 12.5 Å². The first-order chi connectivity index (χ1) is 8.34. The van der Waals surface area contributed by atoms with Gasteiger partial charge in [0.1, 0.15) is 0 Å². The van der Waals surface area contributed by atoms with Gasteiger partial charge >= 0.3 is 0 Å². The van der Waals surface area contributed by atoms with Gasteiger partial charge in [-0.2, -0.15) is 5.10 Å². The first-order valence-corrected chi connectivity index (χ1v) is 7.08. The van der Waals surface area contributed by atoms with Crippen LogP contribution < -0.4 is 0 Å². The molecule has 0 atom stereocenters. The molecule has 0 amide bonds. The normalized spacial score (nSPS) is 22.1. The van der Waals surface area contributed by atoms with Gasteiger partial charge in [0.15, 0.2) is 0 Å². The highest BCUT2D eigenvalue weighted by atomic mass is 16.3. The standard InChI is InChI=1S/C15H26N2O/c1-5-12-10-13(17(4)16-12)11-15(18)8-6-14(2,3)7-9-15/h10,18H,5-9,11H2,1-4H3. The summed E-state index contributed by atoms with van der Waals surface area (Å²) in [6, 6.07) is 2.14. The van der Waals surface area contributed by atoms with Crippen molar-refractivity contribution in [2.45, 2.75) is 64.9 Å². The van der Waals surface area contributed by atoms with Crippen LogP contribution in [0.4, 0.5) is 0 Å². The summed E-state index contributed by atoms with van der Waals surface area (Å²) < 4.78 is 1.93. The van der Waals surface area contributed by atoms with Crippen LogP contribution in [0.5, 0.6) is 0 Å². The Morgan fingerprint density at radius 1 is 1.28 bits per heavy atom. The Bertz CT molecular complexity index is 410. The molecule has 0 unspecified atom stereocenters. The zero-order valence-corrected chi connectivity index (χ0v) is 12.2. The molecule has 0 bridgehead atoms. The summed E-state index contributed by atoms with van der Waals surface area (Å²) in [4.78, 5) is 0.